The van der Waals surface area contributed by atoms with Crippen molar-refractivity contribution in [3.05, 3.63) is 119 Å². The van der Waals surface area contributed by atoms with Crippen LogP contribution < -0.4 is 11.1 Å². The third-order valence-corrected chi connectivity index (χ3v) is 5.12. The first-order valence-corrected chi connectivity index (χ1v) is 10.8. The van der Waals surface area contributed by atoms with Gasteiger partial charge in [0.2, 0.25) is 0 Å². The molecule has 0 saturated heterocycles. The van der Waals surface area contributed by atoms with Crippen LogP contribution in [-0.2, 0) is 19.8 Å². The van der Waals surface area contributed by atoms with Gasteiger partial charge in [0, 0.05) is 18.3 Å². The van der Waals surface area contributed by atoms with Crippen LogP contribution in [0.25, 0.3) is 0 Å². The maximum Gasteiger partial charge on any atom is 0.332 e. The predicted octanol–water partition coefficient (Wildman–Crippen LogP) is 3.99. The monoisotopic (exact) mass is 430 g/mol. The Balaban J connectivity index is 1.81. The Labute approximate surface area is 189 Å². The summed E-state index contributed by atoms with van der Waals surface area (Å²) < 4.78 is 10.6. The molecule has 0 fully saturated rings. The van der Waals surface area contributed by atoms with Crippen LogP contribution in [0.4, 0.5) is 0 Å². The summed E-state index contributed by atoms with van der Waals surface area (Å²) >= 11 is 0. The molecule has 3 aromatic rings. The molecule has 0 aliphatic carbocycles. The molecule has 0 heterocycles. The van der Waals surface area contributed by atoms with E-state index in [0.29, 0.717) is 25.5 Å². The molecule has 3 aromatic carbocycles. The Kier molecular flexibility index (Phi) is 8.61. The second-order valence-electron chi connectivity index (χ2n) is 7.30. The van der Waals surface area contributed by atoms with Crippen LogP contribution in [0.5, 0.6) is 0 Å². The molecule has 0 bridgehead atoms. The van der Waals surface area contributed by atoms with E-state index in [1.807, 2.05) is 18.2 Å². The van der Waals surface area contributed by atoms with E-state index in [1.54, 1.807) is 6.92 Å². The van der Waals surface area contributed by atoms with Crippen molar-refractivity contribution in [2.45, 2.75) is 12.5 Å². The fourth-order valence-electron chi connectivity index (χ4n) is 3.75. The fraction of sp³-hybridized carbons (Fsp3) is 0.222. The van der Waals surface area contributed by atoms with Crippen molar-refractivity contribution < 1.29 is 14.3 Å². The van der Waals surface area contributed by atoms with Gasteiger partial charge in [-0.3, -0.25) is 5.32 Å². The molecule has 3 rings (SSSR count). The topological polar surface area (TPSA) is 73.6 Å². The van der Waals surface area contributed by atoms with Gasteiger partial charge in [0.15, 0.2) is 0 Å². The van der Waals surface area contributed by atoms with Crippen molar-refractivity contribution in [1.82, 2.24) is 5.32 Å². The molecule has 166 valence electrons. The van der Waals surface area contributed by atoms with E-state index in [0.717, 1.165) is 16.7 Å². The highest BCUT2D eigenvalue weighted by molar-refractivity contribution is 5.82. The van der Waals surface area contributed by atoms with Gasteiger partial charge in [0.05, 0.1) is 25.4 Å². The van der Waals surface area contributed by atoms with Gasteiger partial charge in [0.25, 0.3) is 0 Å². The van der Waals surface area contributed by atoms with E-state index in [-0.39, 0.29) is 6.61 Å². The number of nitrogens with one attached hydrogen (secondary N) is 1. The van der Waals surface area contributed by atoms with E-state index < -0.39 is 11.5 Å². The number of rotatable bonds is 11. The van der Waals surface area contributed by atoms with E-state index >= 15 is 0 Å². The van der Waals surface area contributed by atoms with Gasteiger partial charge in [0.1, 0.15) is 0 Å². The van der Waals surface area contributed by atoms with Crippen molar-refractivity contribution in [3.63, 3.8) is 0 Å². The van der Waals surface area contributed by atoms with E-state index in [2.05, 4.69) is 78.1 Å². The summed E-state index contributed by atoms with van der Waals surface area (Å²) in [5.41, 5.74) is 9.07. The average Bonchev–Trinajstić information content (AvgIpc) is 2.83. The molecule has 5 heteroatoms. The lowest BCUT2D eigenvalue weighted by Crippen LogP contribution is -2.46. The minimum Gasteiger partial charge on any atom is -0.463 e. The highest BCUT2D eigenvalue weighted by Crippen LogP contribution is 2.36. The van der Waals surface area contributed by atoms with Crippen LogP contribution >= 0.6 is 0 Å². The van der Waals surface area contributed by atoms with E-state index in [9.17, 15) is 4.79 Å². The molecule has 0 unspecified atom stereocenters. The summed E-state index contributed by atoms with van der Waals surface area (Å²) in [7, 11) is 0. The Morgan fingerprint density at radius 3 is 1.78 bits per heavy atom. The van der Waals surface area contributed by atoms with Crippen LogP contribution in [0.1, 0.15) is 23.6 Å². The van der Waals surface area contributed by atoms with Gasteiger partial charge in [-0.25, -0.2) is 4.79 Å². The summed E-state index contributed by atoms with van der Waals surface area (Å²) in [5.74, 6) is -0.456. The van der Waals surface area contributed by atoms with Gasteiger partial charge in [-0.2, -0.15) is 0 Å². The maximum atomic E-state index is 11.5. The van der Waals surface area contributed by atoms with Gasteiger partial charge in [-0.05, 0) is 23.6 Å². The lowest BCUT2D eigenvalue weighted by Gasteiger charge is -2.37. The Morgan fingerprint density at radius 1 is 0.875 bits per heavy atom. The number of hydrogen-bond donors (Lipinski definition) is 2. The number of carbonyl (C=O) groups excluding carboxylic acids is 1. The molecule has 32 heavy (non-hydrogen) atoms. The summed E-state index contributed by atoms with van der Waals surface area (Å²) in [5, 5.41) is 3.74. The molecular formula is C27H30N2O3. The van der Waals surface area contributed by atoms with Crippen LogP contribution in [0, 0.1) is 0 Å². The third kappa shape index (κ3) is 5.84. The van der Waals surface area contributed by atoms with Crippen LogP contribution in [0.2, 0.25) is 0 Å². The van der Waals surface area contributed by atoms with Gasteiger partial charge < -0.3 is 15.2 Å². The van der Waals surface area contributed by atoms with Crippen molar-refractivity contribution in [3.8, 4) is 0 Å². The molecule has 0 aromatic heterocycles. The highest BCUT2D eigenvalue weighted by atomic mass is 16.5. The zero-order chi connectivity index (χ0) is 22.7. The second kappa shape index (κ2) is 11.8. The summed E-state index contributed by atoms with van der Waals surface area (Å²) in [6.07, 6.45) is 1.26. The molecule has 3 N–H and O–H groups in total. The van der Waals surface area contributed by atoms with Crippen molar-refractivity contribution in [1.29, 1.82) is 0 Å². The Morgan fingerprint density at radius 2 is 1.34 bits per heavy atom. The van der Waals surface area contributed by atoms with Gasteiger partial charge in [-0.15, -0.1) is 0 Å². The first-order chi connectivity index (χ1) is 15.7. The maximum absolute atomic E-state index is 11.5. The first kappa shape index (κ1) is 23.3. The molecule has 0 spiro atoms. The largest absolute Gasteiger partial charge is 0.463 e. The third-order valence-electron chi connectivity index (χ3n) is 5.12. The second-order valence-corrected chi connectivity index (χ2v) is 7.30. The molecule has 0 aliphatic heterocycles. The summed E-state index contributed by atoms with van der Waals surface area (Å²) in [6.45, 7) is 3.23. The fourth-order valence-corrected chi connectivity index (χ4v) is 3.75. The van der Waals surface area contributed by atoms with Crippen LogP contribution in [-0.4, -0.2) is 32.3 Å². The summed E-state index contributed by atoms with van der Waals surface area (Å²) in [6, 6.07) is 31.2. The Hall–Kier alpha value is -3.41. The SMILES string of the molecule is CCOC(=O)/C=C(\N)COCCNC(c1ccccc1)(c1ccccc1)c1ccccc1. The van der Waals surface area contributed by atoms with Crippen molar-refractivity contribution in [2.24, 2.45) is 5.73 Å². The normalized spacial score (nSPS) is 11.8. The number of carbonyl (C=O) groups is 1. The van der Waals surface area contributed by atoms with Gasteiger partial charge >= 0.3 is 5.97 Å². The van der Waals surface area contributed by atoms with E-state index in [1.165, 1.54) is 6.08 Å². The van der Waals surface area contributed by atoms with Crippen LogP contribution in [0.3, 0.4) is 0 Å². The zero-order valence-corrected chi connectivity index (χ0v) is 18.4. The lowest BCUT2D eigenvalue weighted by molar-refractivity contribution is -0.137. The molecule has 5 nitrogen and oxygen atoms in total. The molecule has 0 radical (unpaired) electrons. The number of benzene rings is 3. The van der Waals surface area contributed by atoms with E-state index in [4.69, 9.17) is 15.2 Å². The zero-order valence-electron chi connectivity index (χ0n) is 18.4. The average molecular weight is 431 g/mol. The lowest BCUT2D eigenvalue weighted by atomic mass is 9.77. The Bertz CT molecular complexity index is 893. The predicted molar refractivity (Wildman–Crippen MR) is 127 cm³/mol. The first-order valence-electron chi connectivity index (χ1n) is 10.8. The summed E-state index contributed by atoms with van der Waals surface area (Å²) in [4.78, 5) is 11.5. The standard InChI is InChI=1S/C27H30N2O3/c1-2-32-26(30)20-25(28)21-31-19-18-29-27(22-12-6-3-7-13-22,23-14-8-4-9-15-23)24-16-10-5-11-17-24/h3-17,20,29H,2,18-19,21,28H2,1H3/b25-20-. The molecule has 0 atom stereocenters. The quantitative estimate of drug-likeness (QED) is 0.208. The van der Waals surface area contributed by atoms with Gasteiger partial charge in [-0.1, -0.05) is 91.0 Å². The van der Waals surface area contributed by atoms with Crippen LogP contribution in [0.15, 0.2) is 103 Å². The van der Waals surface area contributed by atoms with Crippen molar-refractivity contribution in [2.75, 3.05) is 26.4 Å². The molecule has 0 saturated carbocycles. The molecule has 0 amide bonds. The minimum absolute atomic E-state index is 0.162. The minimum atomic E-state index is -0.542. The van der Waals surface area contributed by atoms with Crippen molar-refractivity contribution >= 4 is 5.97 Å². The number of esters is 1. The molecule has 0 aliphatic rings. The number of hydrogen-bond acceptors (Lipinski definition) is 5. The molecular weight excluding hydrogens is 400 g/mol. The number of ether oxygens (including phenoxy) is 2. The number of nitrogens with two attached hydrogens (primary N) is 1. The smallest absolute Gasteiger partial charge is 0.332 e. The highest BCUT2D eigenvalue weighted by Gasteiger charge is 2.35.